The number of aliphatic hydroxyl groups excluding tert-OH is 2. The number of rotatable bonds is 5. The smallest absolute Gasteiger partial charge is 0.145 e. The second kappa shape index (κ2) is 7.38. The molecule has 176 valence electrons. The van der Waals surface area contributed by atoms with E-state index >= 15 is 0 Å². The number of fused-ring (bicyclic) bond motifs is 3. The maximum Gasteiger partial charge on any atom is 0.145 e. The molecule has 0 aliphatic heterocycles. The second-order valence-corrected chi connectivity index (χ2v) is 10.3. The highest BCUT2D eigenvalue weighted by Crippen LogP contribution is 2.69. The molecule has 3 heterocycles. The van der Waals surface area contributed by atoms with Crippen LogP contribution in [-0.2, 0) is 6.42 Å². The molecule has 3 aromatic heterocycles. The van der Waals surface area contributed by atoms with Crippen LogP contribution in [0.4, 0.5) is 11.6 Å². The van der Waals surface area contributed by atoms with E-state index in [2.05, 4.69) is 53.1 Å². The van der Waals surface area contributed by atoms with Crippen LogP contribution in [0.5, 0.6) is 0 Å². The quantitative estimate of drug-likeness (QED) is 0.360. The molecule has 1 unspecified atom stereocenters. The van der Waals surface area contributed by atoms with Crippen molar-refractivity contribution in [1.82, 2.24) is 19.5 Å². The van der Waals surface area contributed by atoms with Gasteiger partial charge in [-0.05, 0) is 60.4 Å². The number of nitrogens with zero attached hydrogens (tertiary/aromatic N) is 4. The van der Waals surface area contributed by atoms with Crippen LogP contribution in [0.1, 0.15) is 49.8 Å². The van der Waals surface area contributed by atoms with E-state index < -0.39 is 12.2 Å². The Bertz CT molecular complexity index is 1420. The second-order valence-electron chi connectivity index (χ2n) is 10.3. The number of hydrogen-bond acceptors (Lipinski definition) is 7. The van der Waals surface area contributed by atoms with E-state index in [1.54, 1.807) is 0 Å². The van der Waals surface area contributed by atoms with E-state index in [-0.39, 0.29) is 17.4 Å². The van der Waals surface area contributed by atoms with E-state index in [9.17, 15) is 10.2 Å². The van der Waals surface area contributed by atoms with E-state index in [1.165, 1.54) is 6.33 Å². The summed E-state index contributed by atoms with van der Waals surface area (Å²) in [4.78, 5) is 13.1. The molecule has 5 atom stereocenters. The number of nitrogen functional groups attached to an aromatic ring is 2. The first kappa shape index (κ1) is 21.3. The molecule has 2 fully saturated rings. The highest BCUT2D eigenvalue weighted by Gasteiger charge is 2.70. The highest BCUT2D eigenvalue weighted by molar-refractivity contribution is 5.86. The summed E-state index contributed by atoms with van der Waals surface area (Å²) in [5, 5.41) is 23.9. The number of aromatic nitrogens is 4. The number of hydrogen-bond donors (Lipinski definition) is 4. The van der Waals surface area contributed by atoms with E-state index in [1.807, 2.05) is 16.8 Å². The van der Waals surface area contributed by atoms with Gasteiger partial charge in [-0.2, -0.15) is 0 Å². The molecule has 0 saturated heterocycles. The molecule has 2 aliphatic carbocycles. The molecule has 0 amide bonds. The molecule has 0 bridgehead atoms. The Morgan fingerprint density at radius 3 is 2.74 bits per heavy atom. The summed E-state index contributed by atoms with van der Waals surface area (Å²) in [7, 11) is 0. The maximum atomic E-state index is 11.1. The van der Waals surface area contributed by atoms with Gasteiger partial charge in [0.2, 0.25) is 0 Å². The van der Waals surface area contributed by atoms with Crippen LogP contribution >= 0.6 is 0 Å². The van der Waals surface area contributed by atoms with Crippen LogP contribution in [0, 0.1) is 11.3 Å². The lowest BCUT2D eigenvalue weighted by Gasteiger charge is -2.24. The fraction of sp³-hybridized carbons (Fsp3) is 0.423. The topological polar surface area (TPSA) is 136 Å². The minimum absolute atomic E-state index is 0.187. The van der Waals surface area contributed by atoms with Gasteiger partial charge in [0.05, 0.1) is 23.0 Å². The van der Waals surface area contributed by atoms with E-state index in [4.69, 9.17) is 11.5 Å². The van der Waals surface area contributed by atoms with Gasteiger partial charge >= 0.3 is 0 Å². The van der Waals surface area contributed by atoms with Crippen molar-refractivity contribution >= 4 is 33.6 Å². The van der Waals surface area contributed by atoms with Gasteiger partial charge in [0.15, 0.2) is 0 Å². The molecule has 6 N–H and O–H groups in total. The Labute approximate surface area is 197 Å². The van der Waals surface area contributed by atoms with Gasteiger partial charge in [-0.15, -0.1) is 0 Å². The summed E-state index contributed by atoms with van der Waals surface area (Å²) in [5.41, 5.74) is 15.7. The molecule has 0 spiro atoms. The lowest BCUT2D eigenvalue weighted by Crippen LogP contribution is -2.34. The first-order valence-corrected chi connectivity index (χ1v) is 11.9. The third kappa shape index (κ3) is 3.02. The molecule has 1 aromatic carbocycles. The number of aliphatic hydroxyl groups is 2. The zero-order chi connectivity index (χ0) is 23.8. The van der Waals surface area contributed by atoms with Crippen molar-refractivity contribution in [1.29, 1.82) is 0 Å². The largest absolute Gasteiger partial charge is 0.390 e. The Balaban J connectivity index is 1.25. The SMILES string of the molecule is CC(C)c1cc2ccc(CCC34C[C@@H]3[C@@H](n3ccc5c(N)ncnc53)[C@H](O)[C@@H]4O)cc2nc1N. The monoisotopic (exact) mass is 458 g/mol. The van der Waals surface area contributed by atoms with Gasteiger partial charge in [-0.25, -0.2) is 15.0 Å². The predicted molar refractivity (Wildman–Crippen MR) is 132 cm³/mol. The van der Waals surface area contributed by atoms with Gasteiger partial charge in [0.25, 0.3) is 0 Å². The molecule has 0 radical (unpaired) electrons. The van der Waals surface area contributed by atoms with E-state index in [0.717, 1.165) is 46.7 Å². The third-order valence-electron chi connectivity index (χ3n) is 8.16. The minimum atomic E-state index is -0.849. The number of pyridine rings is 1. The maximum absolute atomic E-state index is 11.1. The zero-order valence-corrected chi connectivity index (χ0v) is 19.4. The first-order chi connectivity index (χ1) is 16.3. The molecule has 2 saturated carbocycles. The van der Waals surface area contributed by atoms with E-state index in [0.29, 0.717) is 23.2 Å². The van der Waals surface area contributed by atoms with Crippen molar-refractivity contribution in [3.05, 3.63) is 54.0 Å². The normalized spacial score (nSPS) is 28.1. The predicted octanol–water partition coefficient (Wildman–Crippen LogP) is 3.18. The van der Waals surface area contributed by atoms with Crippen molar-refractivity contribution < 1.29 is 10.2 Å². The van der Waals surface area contributed by atoms with Crippen LogP contribution in [0.2, 0.25) is 0 Å². The van der Waals surface area contributed by atoms with Crippen LogP contribution in [0.3, 0.4) is 0 Å². The fourth-order valence-corrected chi connectivity index (χ4v) is 6.18. The van der Waals surface area contributed by atoms with Gasteiger partial charge in [-0.3, -0.25) is 0 Å². The lowest BCUT2D eigenvalue weighted by atomic mass is 9.91. The van der Waals surface area contributed by atoms with Crippen molar-refractivity contribution in [2.45, 2.75) is 57.3 Å². The summed E-state index contributed by atoms with van der Waals surface area (Å²) >= 11 is 0. The summed E-state index contributed by atoms with van der Waals surface area (Å²) in [6.07, 6.45) is 4.20. The van der Waals surface area contributed by atoms with Gasteiger partial charge in [0, 0.05) is 17.0 Å². The van der Waals surface area contributed by atoms with Crippen LogP contribution in [0.15, 0.2) is 42.9 Å². The standard InChI is InChI=1S/C26H30N6O2/c1-13(2)17-10-15-4-3-14(9-19(15)31-24(17)28)5-7-26-11-18(26)20(21(33)22(26)34)32-8-6-16-23(27)29-12-30-25(16)32/h3-4,6,8-10,12-13,18,20-22,33-34H,5,7,11H2,1-2H3,(H2,28,31)(H2,27,29,30)/t18-,20-,21+,22+,26?/m1/s1. The minimum Gasteiger partial charge on any atom is -0.390 e. The fourth-order valence-electron chi connectivity index (χ4n) is 6.18. The van der Waals surface area contributed by atoms with Gasteiger partial charge in [0.1, 0.15) is 29.7 Å². The Morgan fingerprint density at radius 1 is 1.12 bits per heavy atom. The summed E-state index contributed by atoms with van der Waals surface area (Å²) < 4.78 is 1.97. The molecular weight excluding hydrogens is 428 g/mol. The number of nitrogens with two attached hydrogens (primary N) is 2. The highest BCUT2D eigenvalue weighted by atomic mass is 16.3. The summed E-state index contributed by atoms with van der Waals surface area (Å²) in [6.45, 7) is 4.23. The zero-order valence-electron chi connectivity index (χ0n) is 19.4. The molecule has 2 aliphatic rings. The van der Waals surface area contributed by atoms with Crippen LogP contribution < -0.4 is 11.5 Å². The molecule has 4 aromatic rings. The lowest BCUT2D eigenvalue weighted by molar-refractivity contribution is -0.0191. The number of aryl methyl sites for hydroxylation is 1. The van der Waals surface area contributed by atoms with Gasteiger partial charge in [-0.1, -0.05) is 26.0 Å². The molecule has 8 nitrogen and oxygen atoms in total. The van der Waals surface area contributed by atoms with Crippen LogP contribution in [0.25, 0.3) is 21.9 Å². The number of benzene rings is 1. The molecule has 8 heteroatoms. The molecular formula is C26H30N6O2. The van der Waals surface area contributed by atoms with Gasteiger partial charge < -0.3 is 26.2 Å². The first-order valence-electron chi connectivity index (χ1n) is 11.9. The Kier molecular flexibility index (Phi) is 4.63. The number of anilines is 2. The molecule has 34 heavy (non-hydrogen) atoms. The molecule has 6 rings (SSSR count). The third-order valence-corrected chi connectivity index (χ3v) is 8.16. The average molecular weight is 459 g/mol. The summed E-state index contributed by atoms with van der Waals surface area (Å²) in [6, 6.07) is 10.1. The van der Waals surface area contributed by atoms with Crippen LogP contribution in [-0.4, -0.2) is 41.9 Å². The van der Waals surface area contributed by atoms with Crippen molar-refractivity contribution in [3.8, 4) is 0 Å². The van der Waals surface area contributed by atoms with Crippen molar-refractivity contribution in [2.75, 3.05) is 11.5 Å². The van der Waals surface area contributed by atoms with Crippen molar-refractivity contribution in [2.24, 2.45) is 11.3 Å². The average Bonchev–Trinajstić information content (AvgIpc) is 3.30. The van der Waals surface area contributed by atoms with Crippen molar-refractivity contribution in [3.63, 3.8) is 0 Å². The Hall–Kier alpha value is -3.23. The summed E-state index contributed by atoms with van der Waals surface area (Å²) in [5.74, 6) is 1.52. The Morgan fingerprint density at radius 2 is 1.94 bits per heavy atom.